The van der Waals surface area contributed by atoms with Gasteiger partial charge < -0.3 is 10.6 Å². The first-order valence-corrected chi connectivity index (χ1v) is 8.72. The predicted octanol–water partition coefficient (Wildman–Crippen LogP) is 3.72. The molecule has 3 rings (SSSR count). The lowest BCUT2D eigenvalue weighted by Crippen LogP contribution is -2.28. The quantitative estimate of drug-likeness (QED) is 0.870. The van der Waals surface area contributed by atoms with Crippen molar-refractivity contribution in [1.82, 2.24) is 5.32 Å². The van der Waals surface area contributed by atoms with Gasteiger partial charge in [0.05, 0.1) is 10.9 Å². The number of rotatable bonds is 2. The van der Waals surface area contributed by atoms with E-state index in [4.69, 9.17) is 0 Å². The number of carbonyl (C=O) groups excluding carboxylic acids is 2. The molecule has 2 amide bonds. The molecule has 1 heterocycles. The summed E-state index contributed by atoms with van der Waals surface area (Å²) in [5.74, 6) is 0.159. The Bertz CT molecular complexity index is 709. The van der Waals surface area contributed by atoms with Gasteiger partial charge in [0, 0.05) is 16.2 Å². The third-order valence-corrected chi connectivity index (χ3v) is 5.32. The molecule has 1 aromatic carbocycles. The summed E-state index contributed by atoms with van der Waals surface area (Å²) in [7, 11) is 0. The zero-order valence-corrected chi connectivity index (χ0v) is 14.1. The monoisotopic (exact) mass is 328 g/mol. The van der Waals surface area contributed by atoms with Crippen molar-refractivity contribution in [1.29, 1.82) is 0 Å². The number of amides is 2. The summed E-state index contributed by atoms with van der Waals surface area (Å²) >= 11 is 1.51. The molecule has 0 saturated carbocycles. The average Bonchev–Trinajstić information content (AvgIpc) is 2.73. The van der Waals surface area contributed by atoms with Gasteiger partial charge in [0.15, 0.2) is 0 Å². The second-order valence-electron chi connectivity index (χ2n) is 5.94. The molecule has 0 fully saturated rings. The molecule has 0 aromatic heterocycles. The predicted molar refractivity (Wildman–Crippen MR) is 93.5 cm³/mol. The molecule has 5 heteroatoms. The molecule has 2 N–H and O–H groups in total. The summed E-state index contributed by atoms with van der Waals surface area (Å²) in [6.45, 7) is 3.99. The van der Waals surface area contributed by atoms with Crippen molar-refractivity contribution in [3.05, 3.63) is 47.7 Å². The SMILES string of the molecule is CC1CCC=CC=C1NC(=O)c1ccc2c(c1)NC(=O)C(C)S2. The molecule has 0 bridgehead atoms. The van der Waals surface area contributed by atoms with E-state index in [1.807, 2.05) is 31.2 Å². The van der Waals surface area contributed by atoms with Crippen LogP contribution in [0.3, 0.4) is 0 Å². The van der Waals surface area contributed by atoms with Crippen LogP contribution in [0.1, 0.15) is 37.0 Å². The van der Waals surface area contributed by atoms with Gasteiger partial charge in [-0.2, -0.15) is 0 Å². The van der Waals surface area contributed by atoms with Crippen molar-refractivity contribution < 1.29 is 9.59 Å². The molecule has 2 unspecified atom stereocenters. The standard InChI is InChI=1S/C18H20N2O2S/c1-11-6-4-3-5-7-14(11)19-18(22)13-8-9-16-15(10-13)20-17(21)12(2)23-16/h3,5,7-12H,4,6H2,1-2H3,(H,19,22)(H,20,21). The molecule has 2 atom stereocenters. The van der Waals surface area contributed by atoms with E-state index in [1.165, 1.54) is 11.8 Å². The fourth-order valence-electron chi connectivity index (χ4n) is 2.65. The molecule has 1 aliphatic heterocycles. The molecular weight excluding hydrogens is 308 g/mol. The average molecular weight is 328 g/mol. The van der Waals surface area contributed by atoms with Crippen molar-refractivity contribution in [3.63, 3.8) is 0 Å². The van der Waals surface area contributed by atoms with Crippen LogP contribution in [0.15, 0.2) is 47.0 Å². The molecule has 2 aliphatic rings. The second-order valence-corrected chi connectivity index (χ2v) is 7.33. The van der Waals surface area contributed by atoms with Gasteiger partial charge in [-0.05, 0) is 50.0 Å². The smallest absolute Gasteiger partial charge is 0.255 e. The Kier molecular flexibility index (Phi) is 4.57. The highest BCUT2D eigenvalue weighted by Crippen LogP contribution is 2.36. The van der Waals surface area contributed by atoms with Gasteiger partial charge in [0.25, 0.3) is 5.91 Å². The molecule has 23 heavy (non-hydrogen) atoms. The lowest BCUT2D eigenvalue weighted by molar-refractivity contribution is -0.115. The fourth-order valence-corrected chi connectivity index (χ4v) is 3.58. The molecule has 0 radical (unpaired) electrons. The van der Waals surface area contributed by atoms with Gasteiger partial charge in [-0.15, -0.1) is 11.8 Å². The molecule has 0 spiro atoms. The number of hydrogen-bond acceptors (Lipinski definition) is 3. The van der Waals surface area contributed by atoms with Crippen LogP contribution < -0.4 is 10.6 Å². The molecule has 120 valence electrons. The van der Waals surface area contributed by atoms with E-state index in [0.717, 1.165) is 23.4 Å². The maximum atomic E-state index is 12.5. The summed E-state index contributed by atoms with van der Waals surface area (Å²) in [4.78, 5) is 25.3. The van der Waals surface area contributed by atoms with E-state index >= 15 is 0 Å². The summed E-state index contributed by atoms with van der Waals surface area (Å²) in [6, 6.07) is 5.46. The number of fused-ring (bicyclic) bond motifs is 1. The lowest BCUT2D eigenvalue weighted by Gasteiger charge is -2.22. The Morgan fingerprint density at radius 2 is 2.17 bits per heavy atom. The normalized spacial score (nSPS) is 23.4. The van der Waals surface area contributed by atoms with Gasteiger partial charge in [-0.25, -0.2) is 0 Å². The van der Waals surface area contributed by atoms with Crippen LogP contribution in [-0.2, 0) is 4.79 Å². The summed E-state index contributed by atoms with van der Waals surface area (Å²) in [5, 5.41) is 5.76. The summed E-state index contributed by atoms with van der Waals surface area (Å²) in [6.07, 6.45) is 8.12. The van der Waals surface area contributed by atoms with E-state index in [1.54, 1.807) is 6.07 Å². The highest BCUT2D eigenvalue weighted by atomic mass is 32.2. The summed E-state index contributed by atoms with van der Waals surface area (Å²) in [5.41, 5.74) is 2.21. The number of carbonyl (C=O) groups is 2. The van der Waals surface area contributed by atoms with Crippen molar-refractivity contribution in [2.24, 2.45) is 5.92 Å². The minimum absolute atomic E-state index is 0.0229. The first-order valence-electron chi connectivity index (χ1n) is 7.84. The van der Waals surface area contributed by atoms with Gasteiger partial charge in [0.1, 0.15) is 0 Å². The topological polar surface area (TPSA) is 58.2 Å². The molecule has 1 aromatic rings. The van der Waals surface area contributed by atoms with Crippen molar-refractivity contribution in [2.45, 2.75) is 36.8 Å². The third-order valence-electron chi connectivity index (χ3n) is 4.14. The van der Waals surface area contributed by atoms with Crippen molar-refractivity contribution in [2.75, 3.05) is 5.32 Å². The van der Waals surface area contributed by atoms with E-state index in [2.05, 4.69) is 23.6 Å². The number of allylic oxidation sites excluding steroid dienone is 4. The van der Waals surface area contributed by atoms with Crippen LogP contribution >= 0.6 is 11.8 Å². The Morgan fingerprint density at radius 3 is 3.00 bits per heavy atom. The number of nitrogens with one attached hydrogen (secondary N) is 2. The minimum atomic E-state index is -0.140. The Hall–Kier alpha value is -2.01. The van der Waals surface area contributed by atoms with E-state index in [9.17, 15) is 9.59 Å². The fraction of sp³-hybridized carbons (Fsp3) is 0.333. The number of hydrogen-bond donors (Lipinski definition) is 2. The second kappa shape index (κ2) is 6.62. The maximum Gasteiger partial charge on any atom is 0.255 e. The van der Waals surface area contributed by atoms with Gasteiger partial charge in [0.2, 0.25) is 5.91 Å². The molecule has 1 aliphatic carbocycles. The van der Waals surface area contributed by atoms with Crippen LogP contribution in [-0.4, -0.2) is 17.1 Å². The van der Waals surface area contributed by atoms with E-state index in [0.29, 0.717) is 17.2 Å². The van der Waals surface area contributed by atoms with Crippen LogP contribution in [0.4, 0.5) is 5.69 Å². The van der Waals surface area contributed by atoms with Crippen LogP contribution in [0.25, 0.3) is 0 Å². The van der Waals surface area contributed by atoms with Crippen LogP contribution in [0.5, 0.6) is 0 Å². The van der Waals surface area contributed by atoms with Gasteiger partial charge in [-0.1, -0.05) is 19.1 Å². The minimum Gasteiger partial charge on any atom is -0.325 e. The lowest BCUT2D eigenvalue weighted by atomic mass is 10.0. The Balaban J connectivity index is 1.78. The number of thioether (sulfide) groups is 1. The van der Waals surface area contributed by atoms with E-state index < -0.39 is 0 Å². The van der Waals surface area contributed by atoms with Crippen LogP contribution in [0, 0.1) is 5.92 Å². The first kappa shape index (κ1) is 15.9. The number of benzene rings is 1. The number of anilines is 1. The van der Waals surface area contributed by atoms with Crippen molar-refractivity contribution in [3.8, 4) is 0 Å². The third kappa shape index (κ3) is 3.50. The first-order chi connectivity index (χ1) is 11.0. The highest BCUT2D eigenvalue weighted by Gasteiger charge is 2.24. The van der Waals surface area contributed by atoms with Crippen molar-refractivity contribution >= 4 is 29.3 Å². The molecular formula is C18H20N2O2S. The van der Waals surface area contributed by atoms with Crippen LogP contribution in [0.2, 0.25) is 0 Å². The van der Waals surface area contributed by atoms with Gasteiger partial charge in [-0.3, -0.25) is 9.59 Å². The zero-order valence-electron chi connectivity index (χ0n) is 13.3. The molecule has 0 saturated heterocycles. The Labute approximate surface area is 140 Å². The zero-order chi connectivity index (χ0) is 16.4. The molecule has 4 nitrogen and oxygen atoms in total. The van der Waals surface area contributed by atoms with E-state index in [-0.39, 0.29) is 17.1 Å². The highest BCUT2D eigenvalue weighted by molar-refractivity contribution is 8.00. The Morgan fingerprint density at radius 1 is 1.35 bits per heavy atom. The largest absolute Gasteiger partial charge is 0.325 e. The maximum absolute atomic E-state index is 12.5. The summed E-state index contributed by atoms with van der Waals surface area (Å²) < 4.78 is 0. The van der Waals surface area contributed by atoms with Gasteiger partial charge >= 0.3 is 0 Å².